The van der Waals surface area contributed by atoms with Crippen molar-refractivity contribution in [3.05, 3.63) is 70.7 Å². The average Bonchev–Trinajstić information content (AvgIpc) is 3.08. The van der Waals surface area contributed by atoms with E-state index in [-0.39, 0.29) is 18.0 Å². The molecular weight excluding hydrogens is 344 g/mol. The third-order valence-electron chi connectivity index (χ3n) is 4.42. The smallest absolute Gasteiger partial charge is 0.261 e. The van der Waals surface area contributed by atoms with Crippen LogP contribution in [0.3, 0.4) is 0 Å². The predicted molar refractivity (Wildman–Crippen MR) is 100 cm³/mol. The molecule has 1 amide bonds. The molecule has 1 N–H and O–H groups in total. The first kappa shape index (κ1) is 16.9. The Balaban J connectivity index is 1.42. The number of benzene rings is 1. The van der Waals surface area contributed by atoms with Gasteiger partial charge in [0.1, 0.15) is 12.4 Å². The minimum atomic E-state index is -0.250. The maximum Gasteiger partial charge on any atom is 0.261 e. The van der Waals surface area contributed by atoms with Crippen molar-refractivity contribution in [2.24, 2.45) is 0 Å². The van der Waals surface area contributed by atoms with E-state index in [0.717, 1.165) is 17.0 Å². The summed E-state index contributed by atoms with van der Waals surface area (Å²) in [7, 11) is 0. The summed E-state index contributed by atoms with van der Waals surface area (Å²) in [5.41, 5.74) is 2.14. The molecule has 0 spiro atoms. The molecule has 0 atom stereocenters. The highest BCUT2D eigenvalue weighted by atomic mass is 16.2. The van der Waals surface area contributed by atoms with Gasteiger partial charge in [-0.2, -0.15) is 0 Å². The first-order chi connectivity index (χ1) is 13.1. The second-order valence-electron chi connectivity index (χ2n) is 6.29. The Morgan fingerprint density at radius 1 is 1.15 bits per heavy atom. The third kappa shape index (κ3) is 3.29. The molecule has 8 heteroatoms. The van der Waals surface area contributed by atoms with Crippen molar-refractivity contribution >= 4 is 22.5 Å². The lowest BCUT2D eigenvalue weighted by Crippen LogP contribution is -2.33. The van der Waals surface area contributed by atoms with E-state index in [1.165, 1.54) is 10.9 Å². The van der Waals surface area contributed by atoms with Gasteiger partial charge in [0, 0.05) is 19.2 Å². The fourth-order valence-electron chi connectivity index (χ4n) is 3.04. The highest BCUT2D eigenvalue weighted by Gasteiger charge is 2.10. The maximum atomic E-state index is 12.5. The highest BCUT2D eigenvalue weighted by Crippen LogP contribution is 2.11. The summed E-state index contributed by atoms with van der Waals surface area (Å²) >= 11 is 0. The summed E-state index contributed by atoms with van der Waals surface area (Å²) < 4.78 is 3.20. The Labute approximate surface area is 154 Å². The summed E-state index contributed by atoms with van der Waals surface area (Å²) in [5.74, 6) is 0.519. The minimum absolute atomic E-state index is 0.0731. The van der Waals surface area contributed by atoms with Crippen molar-refractivity contribution < 1.29 is 4.79 Å². The van der Waals surface area contributed by atoms with E-state index >= 15 is 0 Å². The van der Waals surface area contributed by atoms with Crippen molar-refractivity contribution in [1.82, 2.24) is 29.5 Å². The number of carbonyl (C=O) groups excluding carboxylic acids is 1. The lowest BCUT2D eigenvalue weighted by Gasteiger charge is -2.08. The van der Waals surface area contributed by atoms with Crippen LogP contribution in [0.4, 0.5) is 0 Å². The molecular formula is C19H18N6O2. The molecule has 0 unspecified atom stereocenters. The van der Waals surface area contributed by atoms with Gasteiger partial charge in [-0.25, -0.2) is 4.98 Å². The van der Waals surface area contributed by atoms with Gasteiger partial charge in [0.2, 0.25) is 5.91 Å². The highest BCUT2D eigenvalue weighted by molar-refractivity contribution is 5.81. The zero-order valence-electron chi connectivity index (χ0n) is 14.8. The van der Waals surface area contributed by atoms with Crippen LogP contribution >= 0.6 is 0 Å². The van der Waals surface area contributed by atoms with Crippen LogP contribution in [0, 0.1) is 6.92 Å². The average molecular weight is 362 g/mol. The standard InChI is InChI=1S/C19H18N6O2/c1-13-5-4-6-14-18(13)21-12-24(19(14)27)11-17(26)20-9-8-16-23-22-15-7-2-3-10-25(15)16/h2-7,10,12H,8-9,11H2,1H3,(H,20,26). The fourth-order valence-corrected chi connectivity index (χ4v) is 3.04. The number of carbonyl (C=O) groups is 1. The number of nitrogens with zero attached hydrogens (tertiary/aromatic N) is 5. The van der Waals surface area contributed by atoms with Gasteiger partial charge >= 0.3 is 0 Å². The largest absolute Gasteiger partial charge is 0.354 e. The van der Waals surface area contributed by atoms with Gasteiger partial charge in [0.15, 0.2) is 5.65 Å². The Hall–Kier alpha value is -3.55. The Morgan fingerprint density at radius 2 is 2.04 bits per heavy atom. The SMILES string of the molecule is Cc1cccc2c(=O)n(CC(=O)NCCc3nnc4ccccn34)cnc12. The Morgan fingerprint density at radius 3 is 2.93 bits per heavy atom. The molecule has 27 heavy (non-hydrogen) atoms. The molecule has 3 heterocycles. The van der Waals surface area contributed by atoms with Crippen molar-refractivity contribution in [2.45, 2.75) is 19.9 Å². The van der Waals surface area contributed by atoms with Gasteiger partial charge in [0.25, 0.3) is 5.56 Å². The Kier molecular flexibility index (Phi) is 4.37. The van der Waals surface area contributed by atoms with Crippen LogP contribution < -0.4 is 10.9 Å². The first-order valence-electron chi connectivity index (χ1n) is 8.63. The molecule has 4 rings (SSSR count). The molecule has 4 aromatic rings. The monoisotopic (exact) mass is 362 g/mol. The molecule has 0 saturated heterocycles. The van der Waals surface area contributed by atoms with Crippen LogP contribution in [0.15, 0.2) is 53.7 Å². The molecule has 0 aliphatic carbocycles. The van der Waals surface area contributed by atoms with E-state index in [4.69, 9.17) is 0 Å². The Bertz CT molecular complexity index is 1190. The number of hydrogen-bond donors (Lipinski definition) is 1. The van der Waals surface area contributed by atoms with E-state index in [1.807, 2.05) is 47.9 Å². The molecule has 8 nitrogen and oxygen atoms in total. The number of rotatable bonds is 5. The first-order valence-corrected chi connectivity index (χ1v) is 8.63. The molecule has 0 fully saturated rings. The van der Waals surface area contributed by atoms with Crippen molar-refractivity contribution in [2.75, 3.05) is 6.54 Å². The van der Waals surface area contributed by atoms with Gasteiger partial charge in [0.05, 0.1) is 17.2 Å². The van der Waals surface area contributed by atoms with Crippen LogP contribution in [-0.4, -0.2) is 36.6 Å². The van der Waals surface area contributed by atoms with Crippen molar-refractivity contribution in [1.29, 1.82) is 0 Å². The topological polar surface area (TPSA) is 94.2 Å². The van der Waals surface area contributed by atoms with Crippen LogP contribution in [0.2, 0.25) is 0 Å². The van der Waals surface area contributed by atoms with E-state index in [9.17, 15) is 9.59 Å². The zero-order chi connectivity index (χ0) is 18.8. The summed E-state index contributed by atoms with van der Waals surface area (Å²) in [4.78, 5) is 29.1. The number of hydrogen-bond acceptors (Lipinski definition) is 5. The van der Waals surface area contributed by atoms with Gasteiger partial charge < -0.3 is 5.32 Å². The zero-order valence-corrected chi connectivity index (χ0v) is 14.8. The fraction of sp³-hybridized carbons (Fsp3) is 0.211. The number of aromatic nitrogens is 5. The van der Waals surface area contributed by atoms with Gasteiger partial charge in [-0.05, 0) is 30.7 Å². The lowest BCUT2D eigenvalue weighted by molar-refractivity contribution is -0.121. The van der Waals surface area contributed by atoms with Crippen molar-refractivity contribution in [3.63, 3.8) is 0 Å². The molecule has 0 saturated carbocycles. The second-order valence-corrected chi connectivity index (χ2v) is 6.29. The van der Waals surface area contributed by atoms with Crippen LogP contribution in [0.5, 0.6) is 0 Å². The number of fused-ring (bicyclic) bond motifs is 2. The summed E-state index contributed by atoms with van der Waals surface area (Å²) in [6, 6.07) is 11.1. The molecule has 0 aliphatic rings. The quantitative estimate of drug-likeness (QED) is 0.574. The summed E-state index contributed by atoms with van der Waals surface area (Å²) in [6.45, 7) is 2.24. The second kappa shape index (κ2) is 6.99. The predicted octanol–water partition coefficient (Wildman–Crippen LogP) is 1.11. The van der Waals surface area contributed by atoms with Crippen LogP contribution in [0.1, 0.15) is 11.4 Å². The number of aryl methyl sites for hydroxylation is 1. The molecule has 3 aromatic heterocycles. The van der Waals surface area contributed by atoms with Crippen molar-refractivity contribution in [3.8, 4) is 0 Å². The maximum absolute atomic E-state index is 12.5. The minimum Gasteiger partial charge on any atom is -0.354 e. The summed E-state index contributed by atoms with van der Waals surface area (Å²) in [5, 5.41) is 11.5. The number of para-hydroxylation sites is 1. The number of pyridine rings is 1. The third-order valence-corrected chi connectivity index (χ3v) is 4.42. The molecule has 0 bridgehead atoms. The van der Waals surface area contributed by atoms with Gasteiger partial charge in [-0.1, -0.05) is 18.2 Å². The number of amides is 1. The van der Waals surface area contributed by atoms with Crippen LogP contribution in [-0.2, 0) is 17.8 Å². The van der Waals surface area contributed by atoms with Crippen LogP contribution in [0.25, 0.3) is 16.6 Å². The van der Waals surface area contributed by atoms with E-state index in [1.54, 1.807) is 6.07 Å². The number of nitrogens with one attached hydrogen (secondary N) is 1. The lowest BCUT2D eigenvalue weighted by atomic mass is 10.1. The van der Waals surface area contributed by atoms with E-state index in [0.29, 0.717) is 23.9 Å². The van der Waals surface area contributed by atoms with Gasteiger partial charge in [-0.15, -0.1) is 10.2 Å². The van der Waals surface area contributed by atoms with Gasteiger partial charge in [-0.3, -0.25) is 18.6 Å². The molecule has 136 valence electrons. The molecule has 1 aromatic carbocycles. The van der Waals surface area contributed by atoms with E-state index < -0.39 is 0 Å². The molecule has 0 aliphatic heterocycles. The normalized spacial score (nSPS) is 11.1. The summed E-state index contributed by atoms with van der Waals surface area (Å²) in [6.07, 6.45) is 3.85. The van der Waals surface area contributed by atoms with E-state index in [2.05, 4.69) is 20.5 Å². The molecule has 0 radical (unpaired) electrons.